The van der Waals surface area contributed by atoms with Gasteiger partial charge in [0.25, 0.3) is 0 Å². The SMILES string of the molecule is CN(CCn1cc(CO[C@H]2O[C@H](CO)[C@@H](O)[C@H](O)[C@@H]2O)nn1)c1ccc(/C=C/C2=CC(=C(C#N)C#N)C=C(C(C)(C)C)O2)cc1. The van der Waals surface area contributed by atoms with Gasteiger partial charge in [-0.25, -0.2) is 0 Å². The number of likely N-dealkylation sites (N-methyl/N-ethyl adjacent to an activating group) is 1. The van der Waals surface area contributed by atoms with E-state index in [0.717, 1.165) is 11.3 Å². The molecular formula is C32H38N6O7. The van der Waals surface area contributed by atoms with Crippen LogP contribution in [0.2, 0.25) is 0 Å². The molecule has 238 valence electrons. The molecule has 45 heavy (non-hydrogen) atoms. The van der Waals surface area contributed by atoms with Crippen LogP contribution in [0.4, 0.5) is 5.69 Å². The van der Waals surface area contributed by atoms with Gasteiger partial charge >= 0.3 is 0 Å². The first-order valence-corrected chi connectivity index (χ1v) is 14.4. The summed E-state index contributed by atoms with van der Waals surface area (Å²) in [7, 11) is 1.96. The fourth-order valence-corrected chi connectivity index (χ4v) is 4.56. The number of rotatable bonds is 10. The minimum absolute atomic E-state index is 0.0295. The number of aliphatic hydroxyl groups excluding tert-OH is 4. The van der Waals surface area contributed by atoms with E-state index < -0.39 is 37.3 Å². The fourth-order valence-electron chi connectivity index (χ4n) is 4.56. The van der Waals surface area contributed by atoms with E-state index in [1.54, 1.807) is 23.0 Å². The van der Waals surface area contributed by atoms with Crippen molar-refractivity contribution in [3.63, 3.8) is 0 Å². The summed E-state index contributed by atoms with van der Waals surface area (Å²) < 4.78 is 18.6. The molecule has 0 bridgehead atoms. The first-order valence-electron chi connectivity index (χ1n) is 14.4. The molecule has 0 saturated carbocycles. The second-order valence-corrected chi connectivity index (χ2v) is 11.8. The Hall–Kier alpha value is -4.34. The van der Waals surface area contributed by atoms with Gasteiger partial charge in [0, 0.05) is 30.3 Å². The number of nitriles is 2. The Kier molecular flexibility index (Phi) is 10.9. The highest BCUT2D eigenvalue weighted by Gasteiger charge is 2.44. The number of nitrogens with zero attached hydrogens (tertiary/aromatic N) is 6. The zero-order valence-electron chi connectivity index (χ0n) is 25.6. The van der Waals surface area contributed by atoms with Gasteiger partial charge in [0.15, 0.2) is 6.29 Å². The van der Waals surface area contributed by atoms with E-state index in [1.165, 1.54) is 0 Å². The molecule has 2 aliphatic heterocycles. The zero-order chi connectivity index (χ0) is 32.7. The molecule has 0 spiro atoms. The van der Waals surface area contributed by atoms with Crippen LogP contribution in [0.1, 0.15) is 32.0 Å². The van der Waals surface area contributed by atoms with Crippen LogP contribution >= 0.6 is 0 Å². The van der Waals surface area contributed by atoms with E-state index in [0.29, 0.717) is 35.9 Å². The predicted molar refractivity (Wildman–Crippen MR) is 162 cm³/mol. The zero-order valence-corrected chi connectivity index (χ0v) is 25.6. The minimum Gasteiger partial charge on any atom is -0.461 e. The average Bonchev–Trinajstić information content (AvgIpc) is 3.49. The van der Waals surface area contributed by atoms with Crippen LogP contribution in [0.25, 0.3) is 6.08 Å². The summed E-state index contributed by atoms with van der Waals surface area (Å²) in [6.45, 7) is 6.57. The van der Waals surface area contributed by atoms with E-state index in [2.05, 4.69) is 15.2 Å². The summed E-state index contributed by atoms with van der Waals surface area (Å²) in [4.78, 5) is 2.06. The summed E-state index contributed by atoms with van der Waals surface area (Å²) in [6, 6.07) is 11.8. The normalized spacial score (nSPS) is 23.5. The molecule has 5 atom stereocenters. The van der Waals surface area contributed by atoms with E-state index >= 15 is 0 Å². The molecule has 0 radical (unpaired) electrons. The molecule has 3 heterocycles. The van der Waals surface area contributed by atoms with Crippen molar-refractivity contribution in [1.82, 2.24) is 15.0 Å². The lowest BCUT2D eigenvalue weighted by Gasteiger charge is -2.39. The third-order valence-electron chi connectivity index (χ3n) is 7.33. The van der Waals surface area contributed by atoms with Crippen LogP contribution in [0, 0.1) is 28.1 Å². The van der Waals surface area contributed by atoms with E-state index in [9.17, 15) is 30.9 Å². The molecular weight excluding hydrogens is 580 g/mol. The van der Waals surface area contributed by atoms with Crippen LogP contribution < -0.4 is 4.90 Å². The Morgan fingerprint density at radius 2 is 1.78 bits per heavy atom. The van der Waals surface area contributed by atoms with Crippen molar-refractivity contribution in [2.24, 2.45) is 5.41 Å². The quantitative estimate of drug-likeness (QED) is 0.284. The summed E-state index contributed by atoms with van der Waals surface area (Å²) >= 11 is 0. The third kappa shape index (κ3) is 8.44. The maximum atomic E-state index is 10.1. The molecule has 0 amide bonds. The third-order valence-corrected chi connectivity index (χ3v) is 7.33. The van der Waals surface area contributed by atoms with Crippen molar-refractivity contribution in [2.75, 3.05) is 25.1 Å². The number of allylic oxidation sites excluding steroid dienone is 6. The van der Waals surface area contributed by atoms with Gasteiger partial charge in [0.2, 0.25) is 0 Å². The van der Waals surface area contributed by atoms with Crippen LogP contribution in [0.5, 0.6) is 0 Å². The van der Waals surface area contributed by atoms with Gasteiger partial charge in [0.05, 0.1) is 26.0 Å². The average molecular weight is 619 g/mol. The molecule has 1 aromatic carbocycles. The van der Waals surface area contributed by atoms with Crippen LogP contribution in [-0.2, 0) is 27.4 Å². The summed E-state index contributed by atoms with van der Waals surface area (Å²) in [5.41, 5.74) is 2.65. The molecule has 4 N–H and O–H groups in total. The second-order valence-electron chi connectivity index (χ2n) is 11.8. The van der Waals surface area contributed by atoms with Crippen molar-refractivity contribution in [3.05, 3.63) is 82.6 Å². The van der Waals surface area contributed by atoms with Crippen LogP contribution in [0.3, 0.4) is 0 Å². The molecule has 13 nitrogen and oxygen atoms in total. The van der Waals surface area contributed by atoms with Crippen molar-refractivity contribution in [2.45, 2.75) is 64.6 Å². The van der Waals surface area contributed by atoms with Gasteiger partial charge < -0.3 is 39.5 Å². The molecule has 1 fully saturated rings. The number of aromatic nitrogens is 3. The lowest BCUT2D eigenvalue weighted by atomic mass is 9.90. The first kappa shape index (κ1) is 33.6. The summed E-state index contributed by atoms with van der Waals surface area (Å²) in [6.07, 6.45) is 2.10. The van der Waals surface area contributed by atoms with Crippen molar-refractivity contribution in [3.8, 4) is 12.1 Å². The Morgan fingerprint density at radius 3 is 2.42 bits per heavy atom. The number of hydrogen-bond donors (Lipinski definition) is 4. The Balaban J connectivity index is 1.31. The van der Waals surface area contributed by atoms with Gasteiger partial charge in [0.1, 0.15) is 59.3 Å². The van der Waals surface area contributed by atoms with Crippen molar-refractivity contribution < 1.29 is 34.6 Å². The topological polar surface area (TPSA) is 190 Å². The minimum atomic E-state index is -1.51. The molecule has 2 aliphatic rings. The molecule has 2 aromatic rings. The molecule has 4 rings (SSSR count). The Bertz CT molecular complexity index is 1520. The number of benzene rings is 1. The van der Waals surface area contributed by atoms with Gasteiger partial charge in [-0.1, -0.05) is 44.2 Å². The summed E-state index contributed by atoms with van der Waals surface area (Å²) in [5.74, 6) is 1.20. The number of ether oxygens (including phenoxy) is 3. The van der Waals surface area contributed by atoms with Crippen LogP contribution in [0.15, 0.2) is 71.4 Å². The molecule has 1 saturated heterocycles. The highest BCUT2D eigenvalue weighted by molar-refractivity contribution is 5.59. The fraction of sp³-hybridized carbons (Fsp3) is 0.438. The van der Waals surface area contributed by atoms with E-state index in [4.69, 9.17) is 14.2 Å². The van der Waals surface area contributed by atoms with Gasteiger partial charge in [-0.15, -0.1) is 5.10 Å². The molecule has 13 heteroatoms. The second kappa shape index (κ2) is 14.6. The monoisotopic (exact) mass is 618 g/mol. The van der Waals surface area contributed by atoms with E-state index in [1.807, 2.05) is 76.4 Å². The van der Waals surface area contributed by atoms with Gasteiger partial charge in [-0.3, -0.25) is 4.68 Å². The Labute approximate surface area is 261 Å². The molecule has 0 unspecified atom stereocenters. The van der Waals surface area contributed by atoms with Gasteiger partial charge in [-0.2, -0.15) is 10.5 Å². The highest BCUT2D eigenvalue weighted by atomic mass is 16.7. The standard InChI is InChI=1S/C32H38N6O7/c1-32(2,3)27-14-21(22(15-33)16-34)13-25(44-27)10-7-20-5-8-24(9-6-20)37(4)11-12-38-17-23(35-36-38)19-43-31-30(42)29(41)28(40)26(18-39)45-31/h5-10,13-14,17,26,28-31,39-42H,11-12,18-19H2,1-4H3/b10-7+/t26-,28-,29+,30+,31+/m1/s1. The smallest absolute Gasteiger partial charge is 0.187 e. The number of aliphatic hydroxyl groups is 4. The Morgan fingerprint density at radius 1 is 1.07 bits per heavy atom. The summed E-state index contributed by atoms with van der Waals surface area (Å²) in [5, 5.41) is 66.1. The lowest BCUT2D eigenvalue weighted by molar-refractivity contribution is -0.304. The first-order chi connectivity index (χ1) is 21.4. The van der Waals surface area contributed by atoms with Crippen molar-refractivity contribution >= 4 is 11.8 Å². The maximum absolute atomic E-state index is 10.1. The maximum Gasteiger partial charge on any atom is 0.187 e. The van der Waals surface area contributed by atoms with E-state index in [-0.39, 0.29) is 17.6 Å². The molecule has 0 aliphatic carbocycles. The number of hydrogen-bond acceptors (Lipinski definition) is 12. The van der Waals surface area contributed by atoms with Crippen LogP contribution in [-0.4, -0.2) is 86.3 Å². The highest BCUT2D eigenvalue weighted by Crippen LogP contribution is 2.34. The lowest BCUT2D eigenvalue weighted by Crippen LogP contribution is -2.59. The largest absolute Gasteiger partial charge is 0.461 e. The van der Waals surface area contributed by atoms with Gasteiger partial charge in [-0.05, 0) is 35.9 Å². The van der Waals surface area contributed by atoms with Crippen molar-refractivity contribution in [1.29, 1.82) is 10.5 Å². The number of anilines is 1. The molecule has 1 aromatic heterocycles. The predicted octanol–water partition coefficient (Wildman–Crippen LogP) is 1.93.